The minimum atomic E-state index is -0.363. The van der Waals surface area contributed by atoms with Gasteiger partial charge in [0.1, 0.15) is 17.3 Å². The molecule has 4 rings (SSSR count). The Bertz CT molecular complexity index is 1330. The topological polar surface area (TPSA) is 102 Å². The van der Waals surface area contributed by atoms with Crippen molar-refractivity contribution in [1.82, 2.24) is 20.1 Å². The Labute approximate surface area is 229 Å². The van der Waals surface area contributed by atoms with Gasteiger partial charge in [-0.1, -0.05) is 32.9 Å². The molecule has 39 heavy (non-hydrogen) atoms. The molecule has 0 aliphatic carbocycles. The first-order valence-electron chi connectivity index (χ1n) is 13.0. The van der Waals surface area contributed by atoms with Crippen LogP contribution in [0.5, 0.6) is 11.5 Å². The lowest BCUT2D eigenvalue weighted by Gasteiger charge is -2.14. The molecule has 9 nitrogen and oxygen atoms in total. The normalized spacial score (nSPS) is 11.3. The number of amides is 2. The molecule has 3 N–H and O–H groups in total. The second-order valence-corrected chi connectivity index (χ2v) is 10.1. The van der Waals surface area contributed by atoms with E-state index in [0.29, 0.717) is 29.6 Å². The van der Waals surface area contributed by atoms with E-state index in [0.717, 1.165) is 30.9 Å². The van der Waals surface area contributed by atoms with Crippen molar-refractivity contribution in [2.45, 2.75) is 32.6 Å². The van der Waals surface area contributed by atoms with Crippen molar-refractivity contribution in [3.05, 3.63) is 90.4 Å². The number of hydrogen-bond acceptors (Lipinski definition) is 6. The highest BCUT2D eigenvalue weighted by molar-refractivity contribution is 5.99. The van der Waals surface area contributed by atoms with E-state index < -0.39 is 0 Å². The average molecular weight is 529 g/mol. The Morgan fingerprint density at radius 1 is 0.897 bits per heavy atom. The Hall–Kier alpha value is -4.21. The molecule has 0 unspecified atom stereocenters. The van der Waals surface area contributed by atoms with Gasteiger partial charge in [-0.05, 0) is 67.1 Å². The van der Waals surface area contributed by atoms with Gasteiger partial charge in [0.2, 0.25) is 0 Å². The van der Waals surface area contributed by atoms with Crippen LogP contribution in [0.4, 0.5) is 16.3 Å². The van der Waals surface area contributed by atoms with Crippen LogP contribution in [0.2, 0.25) is 0 Å². The van der Waals surface area contributed by atoms with Gasteiger partial charge in [-0.3, -0.25) is 10.3 Å². The number of carbonyl (C=O) groups excluding carboxylic acids is 1. The smallest absolute Gasteiger partial charge is 0.324 e. The molecular weight excluding hydrogens is 492 g/mol. The molecule has 2 aromatic heterocycles. The summed E-state index contributed by atoms with van der Waals surface area (Å²) in [5.41, 5.74) is 3.42. The zero-order chi connectivity index (χ0) is 27.7. The zero-order valence-electron chi connectivity index (χ0n) is 22.9. The maximum absolute atomic E-state index is 12.9. The number of carbonyl (C=O) groups is 1. The summed E-state index contributed by atoms with van der Waals surface area (Å²) in [6.07, 6.45) is 4.25. The van der Waals surface area contributed by atoms with Crippen LogP contribution in [0, 0.1) is 0 Å². The minimum Gasteiger partial charge on any atom is -0.457 e. The number of ether oxygens (including phenoxy) is 2. The van der Waals surface area contributed by atoms with Gasteiger partial charge in [0.15, 0.2) is 0 Å². The summed E-state index contributed by atoms with van der Waals surface area (Å²) in [6.45, 7) is 8.70. The molecule has 2 aromatic carbocycles. The number of nitrogens with one attached hydrogen (secondary N) is 3. The highest BCUT2D eigenvalue weighted by Gasteiger charge is 2.21. The minimum absolute atomic E-state index is 0.184. The van der Waals surface area contributed by atoms with E-state index in [-0.39, 0.29) is 11.4 Å². The maximum atomic E-state index is 12.9. The molecule has 0 bridgehead atoms. The van der Waals surface area contributed by atoms with Crippen molar-refractivity contribution in [3.63, 3.8) is 0 Å². The molecular formula is C30H36N6O3. The van der Waals surface area contributed by atoms with E-state index in [1.54, 1.807) is 60.6 Å². The van der Waals surface area contributed by atoms with Crippen molar-refractivity contribution in [1.29, 1.82) is 0 Å². The number of hydrogen-bond donors (Lipinski definition) is 3. The van der Waals surface area contributed by atoms with Gasteiger partial charge in [-0.15, -0.1) is 0 Å². The fourth-order valence-corrected chi connectivity index (χ4v) is 3.80. The van der Waals surface area contributed by atoms with E-state index in [1.807, 2.05) is 18.2 Å². The summed E-state index contributed by atoms with van der Waals surface area (Å²) in [6, 6.07) is 20.5. The van der Waals surface area contributed by atoms with Crippen LogP contribution in [-0.4, -0.2) is 47.6 Å². The van der Waals surface area contributed by atoms with Crippen molar-refractivity contribution in [2.24, 2.45) is 0 Å². The maximum Gasteiger partial charge on any atom is 0.324 e. The van der Waals surface area contributed by atoms with Crippen molar-refractivity contribution in [3.8, 4) is 17.2 Å². The molecule has 9 heteroatoms. The third-order valence-corrected chi connectivity index (χ3v) is 5.97. The number of aromatic nitrogens is 3. The van der Waals surface area contributed by atoms with Gasteiger partial charge in [-0.2, -0.15) is 5.10 Å². The van der Waals surface area contributed by atoms with Crippen LogP contribution in [0.3, 0.4) is 0 Å². The summed E-state index contributed by atoms with van der Waals surface area (Å²) < 4.78 is 12.6. The quantitative estimate of drug-likeness (QED) is 0.213. The van der Waals surface area contributed by atoms with E-state index in [1.165, 1.54) is 5.56 Å². The number of benzene rings is 2. The van der Waals surface area contributed by atoms with Crippen LogP contribution < -0.4 is 20.7 Å². The molecule has 0 saturated heterocycles. The highest BCUT2D eigenvalue weighted by atomic mass is 16.5. The lowest BCUT2D eigenvalue weighted by molar-refractivity contribution is 0.199. The average Bonchev–Trinajstić information content (AvgIpc) is 3.35. The molecule has 2 heterocycles. The first kappa shape index (κ1) is 27.8. The van der Waals surface area contributed by atoms with Gasteiger partial charge in [-0.25, -0.2) is 9.48 Å². The third-order valence-electron chi connectivity index (χ3n) is 5.97. The molecule has 0 spiro atoms. The van der Waals surface area contributed by atoms with Crippen LogP contribution in [0.25, 0.3) is 5.69 Å². The Kier molecular flexibility index (Phi) is 9.30. The number of pyridine rings is 1. The molecule has 0 saturated carbocycles. The fraction of sp³-hybridized carbons (Fsp3) is 0.300. The number of methoxy groups -OCH3 is 1. The lowest BCUT2D eigenvalue weighted by atomic mass is 9.92. The van der Waals surface area contributed by atoms with E-state index in [2.05, 4.69) is 53.8 Å². The van der Waals surface area contributed by atoms with Gasteiger partial charge < -0.3 is 20.1 Å². The summed E-state index contributed by atoms with van der Waals surface area (Å²) in [5.74, 6) is 1.94. The molecule has 0 aliphatic rings. The zero-order valence-corrected chi connectivity index (χ0v) is 22.9. The molecule has 0 radical (unpaired) electrons. The molecule has 2 amide bonds. The Balaban J connectivity index is 1.42. The largest absolute Gasteiger partial charge is 0.457 e. The van der Waals surface area contributed by atoms with Gasteiger partial charge in [0, 0.05) is 43.2 Å². The van der Waals surface area contributed by atoms with Crippen LogP contribution in [0.15, 0.2) is 79.1 Å². The second-order valence-electron chi connectivity index (χ2n) is 10.1. The van der Waals surface area contributed by atoms with Crippen LogP contribution in [-0.2, 0) is 16.6 Å². The second kappa shape index (κ2) is 13.0. The first-order valence-corrected chi connectivity index (χ1v) is 13.0. The third kappa shape index (κ3) is 8.13. The standard InChI is InChI=1S/C30H36N6O3/c1-30(2,3)27-21-28(36(35-27)24-9-5-22(6-10-24)13-16-32-19-20-38-4)34-29(37)33-23-7-11-25(12-8-23)39-26-14-17-31-18-15-26/h5-12,14-15,17-18,21,32H,13,16,19-20H2,1-4H3,(H2,33,34,37). The summed E-state index contributed by atoms with van der Waals surface area (Å²) >= 11 is 0. The first-order chi connectivity index (χ1) is 18.8. The van der Waals surface area contributed by atoms with Crippen molar-refractivity contribution >= 4 is 17.5 Å². The van der Waals surface area contributed by atoms with E-state index in [4.69, 9.17) is 14.6 Å². The van der Waals surface area contributed by atoms with Gasteiger partial charge in [0.05, 0.1) is 18.0 Å². The van der Waals surface area contributed by atoms with E-state index >= 15 is 0 Å². The van der Waals surface area contributed by atoms with Crippen LogP contribution in [0.1, 0.15) is 32.0 Å². The number of urea groups is 1. The fourth-order valence-electron chi connectivity index (χ4n) is 3.80. The predicted molar refractivity (Wildman–Crippen MR) is 154 cm³/mol. The summed E-state index contributed by atoms with van der Waals surface area (Å²) in [7, 11) is 1.70. The van der Waals surface area contributed by atoms with E-state index in [9.17, 15) is 4.79 Å². The van der Waals surface area contributed by atoms with Crippen molar-refractivity contribution < 1.29 is 14.3 Å². The highest BCUT2D eigenvalue weighted by Crippen LogP contribution is 2.27. The van der Waals surface area contributed by atoms with Gasteiger partial charge >= 0.3 is 6.03 Å². The number of nitrogens with zero attached hydrogens (tertiary/aromatic N) is 3. The summed E-state index contributed by atoms with van der Waals surface area (Å²) in [4.78, 5) is 16.9. The lowest BCUT2D eigenvalue weighted by Crippen LogP contribution is -2.21. The molecule has 0 fully saturated rings. The molecule has 204 valence electrons. The molecule has 0 aliphatic heterocycles. The Morgan fingerprint density at radius 2 is 1.59 bits per heavy atom. The number of rotatable bonds is 11. The molecule has 4 aromatic rings. The number of anilines is 2. The summed E-state index contributed by atoms with van der Waals surface area (Å²) in [5, 5.41) is 14.0. The van der Waals surface area contributed by atoms with Crippen molar-refractivity contribution in [2.75, 3.05) is 37.4 Å². The van der Waals surface area contributed by atoms with Crippen LogP contribution >= 0.6 is 0 Å². The monoisotopic (exact) mass is 528 g/mol. The molecule has 0 atom stereocenters. The Morgan fingerprint density at radius 3 is 2.26 bits per heavy atom. The van der Waals surface area contributed by atoms with Gasteiger partial charge in [0.25, 0.3) is 0 Å². The predicted octanol–water partition coefficient (Wildman–Crippen LogP) is 5.78. The SMILES string of the molecule is COCCNCCc1ccc(-n2nc(C(C)(C)C)cc2NC(=O)Nc2ccc(Oc3ccncc3)cc2)cc1.